The summed E-state index contributed by atoms with van der Waals surface area (Å²) in [4.78, 5) is 14.1. The summed E-state index contributed by atoms with van der Waals surface area (Å²) >= 11 is 1.47. The molecule has 2 aromatic heterocycles. The number of benzene rings is 1. The van der Waals surface area contributed by atoms with Gasteiger partial charge in [0.1, 0.15) is 0 Å². The van der Waals surface area contributed by atoms with E-state index in [0.717, 1.165) is 33.3 Å². The molecule has 0 aliphatic heterocycles. The molecule has 0 radical (unpaired) electrons. The number of hydrogen-bond acceptors (Lipinski definition) is 4. The first-order valence-corrected chi connectivity index (χ1v) is 8.23. The van der Waals surface area contributed by atoms with Gasteiger partial charge in [-0.05, 0) is 24.8 Å². The summed E-state index contributed by atoms with van der Waals surface area (Å²) in [6, 6.07) is 8.25. The fourth-order valence-corrected chi connectivity index (χ4v) is 4.23. The largest absolute Gasteiger partial charge is 0.293 e. The number of rotatable bonds is 1. The summed E-state index contributed by atoms with van der Waals surface area (Å²) in [6.07, 6.45) is 1.49. The molecule has 0 spiro atoms. The number of aryl methyl sites for hydroxylation is 1. The molecule has 1 aliphatic rings. The maximum absolute atomic E-state index is 12.4. The van der Waals surface area contributed by atoms with E-state index in [-0.39, 0.29) is 11.2 Å². The van der Waals surface area contributed by atoms with Crippen molar-refractivity contribution in [2.75, 3.05) is 0 Å². The van der Waals surface area contributed by atoms with Crippen LogP contribution >= 0.6 is 11.3 Å². The van der Waals surface area contributed by atoms with Gasteiger partial charge in [0.05, 0.1) is 4.88 Å². The number of Topliss-reactive ketones (excluding diaryl/α,β-unsaturated/α-hetero) is 1. The second kappa shape index (κ2) is 4.49. The fraction of sp³-hybridized carbons (Fsp3) is 0.353. The third-order valence-electron chi connectivity index (χ3n) is 4.17. The standard InChI is InChI=1S/C17H17N3OS/c1-10-5-4-6-11(7-10)15-18-19-16-20(15)12-8-17(2,3)9-13(21)14(12)22-16/h4-7H,8-9H2,1-3H3. The van der Waals surface area contributed by atoms with E-state index in [1.807, 2.05) is 12.1 Å². The Bertz CT molecular complexity index is 904. The van der Waals surface area contributed by atoms with Crippen LogP contribution in [0.1, 0.15) is 41.2 Å². The van der Waals surface area contributed by atoms with E-state index in [4.69, 9.17) is 0 Å². The highest BCUT2D eigenvalue weighted by atomic mass is 32.1. The van der Waals surface area contributed by atoms with Gasteiger partial charge in [0.25, 0.3) is 0 Å². The molecular formula is C17H17N3OS. The Morgan fingerprint density at radius 1 is 1.23 bits per heavy atom. The Labute approximate surface area is 132 Å². The highest BCUT2D eigenvalue weighted by molar-refractivity contribution is 7.19. The minimum Gasteiger partial charge on any atom is -0.293 e. The van der Waals surface area contributed by atoms with Crippen LogP contribution in [0.2, 0.25) is 0 Å². The van der Waals surface area contributed by atoms with Crippen LogP contribution in [0.4, 0.5) is 0 Å². The van der Waals surface area contributed by atoms with E-state index >= 15 is 0 Å². The number of fused-ring (bicyclic) bond motifs is 3. The molecule has 1 aliphatic carbocycles. The molecule has 0 unspecified atom stereocenters. The molecule has 112 valence electrons. The summed E-state index contributed by atoms with van der Waals surface area (Å²) in [6.45, 7) is 6.36. The van der Waals surface area contributed by atoms with Crippen LogP contribution in [0.5, 0.6) is 0 Å². The average Bonchev–Trinajstić information content (AvgIpc) is 2.98. The lowest BCUT2D eigenvalue weighted by Gasteiger charge is -2.28. The van der Waals surface area contributed by atoms with Crippen molar-refractivity contribution in [1.82, 2.24) is 14.6 Å². The molecule has 0 saturated carbocycles. The van der Waals surface area contributed by atoms with E-state index in [0.29, 0.717) is 6.42 Å². The van der Waals surface area contributed by atoms with Crippen LogP contribution in [0.15, 0.2) is 24.3 Å². The van der Waals surface area contributed by atoms with Crippen LogP contribution in [0.3, 0.4) is 0 Å². The predicted molar refractivity (Wildman–Crippen MR) is 87.5 cm³/mol. The van der Waals surface area contributed by atoms with Crippen LogP contribution in [-0.4, -0.2) is 20.4 Å². The minimum atomic E-state index is -0.00771. The number of hydrogen-bond donors (Lipinski definition) is 0. The van der Waals surface area contributed by atoms with E-state index in [2.05, 4.69) is 47.5 Å². The SMILES string of the molecule is Cc1cccc(-c2nnc3sc4c(n23)CC(C)(C)CC4=O)c1. The highest BCUT2D eigenvalue weighted by Gasteiger charge is 2.35. The first-order chi connectivity index (χ1) is 10.4. The summed E-state index contributed by atoms with van der Waals surface area (Å²) < 4.78 is 2.08. The maximum Gasteiger partial charge on any atom is 0.217 e. The van der Waals surface area contributed by atoms with Crippen LogP contribution in [0.25, 0.3) is 16.3 Å². The van der Waals surface area contributed by atoms with Gasteiger partial charge in [-0.15, -0.1) is 10.2 Å². The fourth-order valence-electron chi connectivity index (χ4n) is 3.21. The third-order valence-corrected chi connectivity index (χ3v) is 5.29. The molecule has 2 heterocycles. The molecule has 0 N–H and O–H groups in total. The average molecular weight is 311 g/mol. The first-order valence-electron chi connectivity index (χ1n) is 7.42. The second-order valence-electron chi connectivity index (χ2n) is 6.83. The van der Waals surface area contributed by atoms with Crippen molar-refractivity contribution in [1.29, 1.82) is 0 Å². The number of ketones is 1. The first kappa shape index (κ1) is 13.6. The van der Waals surface area contributed by atoms with Gasteiger partial charge in [0.15, 0.2) is 11.6 Å². The van der Waals surface area contributed by atoms with Crippen LogP contribution in [-0.2, 0) is 6.42 Å². The molecule has 0 amide bonds. The molecule has 1 aromatic carbocycles. The lowest BCUT2D eigenvalue weighted by atomic mass is 9.78. The third kappa shape index (κ3) is 2.00. The lowest BCUT2D eigenvalue weighted by Crippen LogP contribution is -2.26. The topological polar surface area (TPSA) is 47.3 Å². The van der Waals surface area contributed by atoms with Crippen molar-refractivity contribution in [3.8, 4) is 11.4 Å². The van der Waals surface area contributed by atoms with E-state index in [1.54, 1.807) is 0 Å². The lowest BCUT2D eigenvalue weighted by molar-refractivity contribution is 0.0915. The number of nitrogens with zero attached hydrogens (tertiary/aromatic N) is 3. The number of carbonyl (C=O) groups excluding carboxylic acids is 1. The van der Waals surface area contributed by atoms with Crippen molar-refractivity contribution in [3.63, 3.8) is 0 Å². The molecule has 0 fully saturated rings. The van der Waals surface area contributed by atoms with Crippen molar-refractivity contribution in [2.24, 2.45) is 5.41 Å². The Balaban J connectivity index is 1.98. The quantitative estimate of drug-likeness (QED) is 0.684. The molecule has 0 atom stereocenters. The molecule has 5 heteroatoms. The van der Waals surface area contributed by atoms with Crippen LogP contribution in [0, 0.1) is 12.3 Å². The zero-order valence-electron chi connectivity index (χ0n) is 12.9. The van der Waals surface area contributed by atoms with Gasteiger partial charge in [-0.2, -0.15) is 0 Å². The van der Waals surface area contributed by atoms with E-state index < -0.39 is 0 Å². The minimum absolute atomic E-state index is 0.00771. The number of thiazole rings is 1. The Morgan fingerprint density at radius 2 is 2.05 bits per heavy atom. The normalized spacial score (nSPS) is 17.0. The highest BCUT2D eigenvalue weighted by Crippen LogP contribution is 2.39. The zero-order valence-corrected chi connectivity index (χ0v) is 13.7. The number of aromatic nitrogens is 3. The van der Waals surface area contributed by atoms with Gasteiger partial charge >= 0.3 is 0 Å². The summed E-state index contributed by atoms with van der Waals surface area (Å²) in [5.41, 5.74) is 3.30. The van der Waals surface area contributed by atoms with Gasteiger partial charge in [-0.25, -0.2) is 0 Å². The molecule has 4 rings (SSSR count). The molecule has 0 bridgehead atoms. The van der Waals surface area contributed by atoms with Gasteiger partial charge in [-0.3, -0.25) is 9.20 Å². The van der Waals surface area contributed by atoms with Crippen molar-refractivity contribution >= 4 is 22.1 Å². The van der Waals surface area contributed by atoms with E-state index in [9.17, 15) is 4.79 Å². The van der Waals surface area contributed by atoms with Gasteiger partial charge in [0.2, 0.25) is 4.96 Å². The smallest absolute Gasteiger partial charge is 0.217 e. The molecule has 0 saturated heterocycles. The van der Waals surface area contributed by atoms with Crippen LogP contribution < -0.4 is 0 Å². The number of carbonyl (C=O) groups is 1. The van der Waals surface area contributed by atoms with Crippen molar-refractivity contribution in [3.05, 3.63) is 40.4 Å². The monoisotopic (exact) mass is 311 g/mol. The van der Waals surface area contributed by atoms with Crippen molar-refractivity contribution in [2.45, 2.75) is 33.6 Å². The second-order valence-corrected chi connectivity index (χ2v) is 7.81. The molecule has 22 heavy (non-hydrogen) atoms. The zero-order chi connectivity index (χ0) is 15.5. The maximum atomic E-state index is 12.4. The summed E-state index contributed by atoms with van der Waals surface area (Å²) in [5, 5.41) is 8.65. The Morgan fingerprint density at radius 3 is 2.82 bits per heavy atom. The Hall–Kier alpha value is -2.01. The van der Waals surface area contributed by atoms with Crippen molar-refractivity contribution < 1.29 is 4.79 Å². The van der Waals surface area contributed by atoms with Gasteiger partial charge in [0, 0.05) is 17.7 Å². The summed E-state index contributed by atoms with van der Waals surface area (Å²) in [5.74, 6) is 1.07. The Kier molecular flexibility index (Phi) is 2.78. The van der Waals surface area contributed by atoms with E-state index in [1.165, 1.54) is 16.9 Å². The van der Waals surface area contributed by atoms with Gasteiger partial charge in [-0.1, -0.05) is 48.9 Å². The molecule has 3 aromatic rings. The molecule has 4 nitrogen and oxygen atoms in total. The molecular weight excluding hydrogens is 294 g/mol. The predicted octanol–water partition coefficient (Wildman–Crippen LogP) is 3.92. The summed E-state index contributed by atoms with van der Waals surface area (Å²) in [7, 11) is 0. The van der Waals surface area contributed by atoms with Gasteiger partial charge < -0.3 is 0 Å².